The molecule has 4 heteroatoms. The van der Waals surface area contributed by atoms with Crippen LogP contribution in [0.4, 0.5) is 0 Å². The number of nitrogens with zero attached hydrogens (tertiary/aromatic N) is 1. The fourth-order valence-electron chi connectivity index (χ4n) is 1.44. The van der Waals surface area contributed by atoms with Gasteiger partial charge in [0.25, 0.3) is 0 Å². The van der Waals surface area contributed by atoms with E-state index < -0.39 is 5.97 Å². The Bertz CT molecular complexity index is 172. The van der Waals surface area contributed by atoms with E-state index in [0.29, 0.717) is 13.1 Å². The Kier molecular flexibility index (Phi) is 3.05. The van der Waals surface area contributed by atoms with Crippen molar-refractivity contribution in [1.82, 2.24) is 4.90 Å². The van der Waals surface area contributed by atoms with Crippen molar-refractivity contribution in [3.8, 4) is 0 Å². The van der Waals surface area contributed by atoms with Crippen LogP contribution in [0.25, 0.3) is 0 Å². The largest absolute Gasteiger partial charge is 0.481 e. The zero-order valence-electron chi connectivity index (χ0n) is 7.23. The summed E-state index contributed by atoms with van der Waals surface area (Å²) in [6.45, 7) is 3.68. The summed E-state index contributed by atoms with van der Waals surface area (Å²) in [5, 5.41) is 17.8. The van der Waals surface area contributed by atoms with Gasteiger partial charge in [-0.1, -0.05) is 6.92 Å². The molecule has 0 bridgehead atoms. The third kappa shape index (κ3) is 2.46. The molecular weight excluding hydrogens is 158 g/mol. The number of β-amino-alcohol motifs (C(OH)–C–C–N with tert-alkyl or cyclic N) is 1. The van der Waals surface area contributed by atoms with Gasteiger partial charge in [-0.2, -0.15) is 0 Å². The Balaban J connectivity index is 2.27. The number of hydrogen-bond acceptors (Lipinski definition) is 3. The van der Waals surface area contributed by atoms with E-state index in [-0.39, 0.29) is 12.0 Å². The van der Waals surface area contributed by atoms with Crippen molar-refractivity contribution in [3.63, 3.8) is 0 Å². The van der Waals surface area contributed by atoms with Crippen LogP contribution in [-0.4, -0.2) is 46.8 Å². The molecule has 2 atom stereocenters. The molecular formula is C8H15NO3. The van der Waals surface area contributed by atoms with Crippen molar-refractivity contribution in [1.29, 1.82) is 0 Å². The lowest BCUT2D eigenvalue weighted by molar-refractivity contribution is -0.141. The van der Waals surface area contributed by atoms with Crippen molar-refractivity contribution in [2.45, 2.75) is 19.4 Å². The molecule has 1 fully saturated rings. The molecule has 0 saturated carbocycles. The Morgan fingerprint density at radius 2 is 2.42 bits per heavy atom. The van der Waals surface area contributed by atoms with E-state index in [4.69, 9.17) is 10.2 Å². The molecule has 1 aliphatic rings. The monoisotopic (exact) mass is 173 g/mol. The third-order valence-corrected chi connectivity index (χ3v) is 2.20. The van der Waals surface area contributed by atoms with Crippen LogP contribution in [0.1, 0.15) is 13.3 Å². The maximum Gasteiger partial charge on any atom is 0.307 e. The Hall–Kier alpha value is -0.610. The minimum atomic E-state index is -0.767. The topological polar surface area (TPSA) is 60.8 Å². The van der Waals surface area contributed by atoms with Crippen molar-refractivity contribution in [2.24, 2.45) is 5.92 Å². The lowest BCUT2D eigenvalue weighted by atomic mass is 10.2. The van der Waals surface area contributed by atoms with Crippen LogP contribution in [0.15, 0.2) is 0 Å². The number of aliphatic hydroxyl groups is 1. The Labute approximate surface area is 71.8 Å². The van der Waals surface area contributed by atoms with Gasteiger partial charge in [-0.3, -0.25) is 9.69 Å². The molecule has 0 aromatic rings. The highest BCUT2D eigenvalue weighted by Gasteiger charge is 2.23. The van der Waals surface area contributed by atoms with E-state index in [1.807, 2.05) is 4.90 Å². The summed E-state index contributed by atoms with van der Waals surface area (Å²) in [5.41, 5.74) is 0. The van der Waals surface area contributed by atoms with E-state index in [9.17, 15) is 4.79 Å². The summed E-state index contributed by atoms with van der Waals surface area (Å²) in [6, 6.07) is 0. The number of carboxylic acids is 1. The van der Waals surface area contributed by atoms with Gasteiger partial charge in [-0.05, 0) is 6.42 Å². The lowest BCUT2D eigenvalue weighted by Gasteiger charge is -2.16. The van der Waals surface area contributed by atoms with Crippen molar-refractivity contribution in [2.75, 3.05) is 19.6 Å². The minimum Gasteiger partial charge on any atom is -0.481 e. The first-order chi connectivity index (χ1) is 5.59. The summed E-state index contributed by atoms with van der Waals surface area (Å²) in [7, 11) is 0. The highest BCUT2D eigenvalue weighted by Crippen LogP contribution is 2.10. The molecule has 0 aromatic heterocycles. The van der Waals surface area contributed by atoms with E-state index in [0.717, 1.165) is 13.0 Å². The van der Waals surface area contributed by atoms with Crippen molar-refractivity contribution < 1.29 is 15.0 Å². The van der Waals surface area contributed by atoms with Crippen LogP contribution in [-0.2, 0) is 4.79 Å². The first kappa shape index (κ1) is 9.48. The number of hydrogen-bond donors (Lipinski definition) is 2. The predicted octanol–water partition coefficient (Wildman–Crippen LogP) is -0.226. The van der Waals surface area contributed by atoms with Crippen LogP contribution >= 0.6 is 0 Å². The second-order valence-electron chi connectivity index (χ2n) is 3.44. The zero-order valence-corrected chi connectivity index (χ0v) is 7.23. The number of aliphatic carboxylic acids is 1. The second kappa shape index (κ2) is 3.87. The summed E-state index contributed by atoms with van der Waals surface area (Å²) in [4.78, 5) is 12.5. The van der Waals surface area contributed by atoms with Crippen LogP contribution < -0.4 is 0 Å². The van der Waals surface area contributed by atoms with Gasteiger partial charge in [-0.25, -0.2) is 0 Å². The number of rotatable bonds is 3. The molecule has 12 heavy (non-hydrogen) atoms. The van der Waals surface area contributed by atoms with E-state index in [1.165, 1.54) is 0 Å². The fraction of sp³-hybridized carbons (Fsp3) is 0.875. The first-order valence-electron chi connectivity index (χ1n) is 4.23. The molecule has 2 N–H and O–H groups in total. The van der Waals surface area contributed by atoms with Gasteiger partial charge in [0, 0.05) is 19.6 Å². The van der Waals surface area contributed by atoms with Crippen molar-refractivity contribution >= 4 is 5.97 Å². The molecule has 4 nitrogen and oxygen atoms in total. The molecule has 1 rings (SSSR count). The Morgan fingerprint density at radius 3 is 2.83 bits per heavy atom. The third-order valence-electron chi connectivity index (χ3n) is 2.20. The average Bonchev–Trinajstić information content (AvgIpc) is 2.35. The van der Waals surface area contributed by atoms with Crippen LogP contribution in [0.3, 0.4) is 0 Å². The van der Waals surface area contributed by atoms with Gasteiger partial charge in [0.1, 0.15) is 0 Å². The van der Waals surface area contributed by atoms with E-state index >= 15 is 0 Å². The number of likely N-dealkylation sites (tertiary alicyclic amines) is 1. The molecule has 1 heterocycles. The van der Waals surface area contributed by atoms with E-state index in [1.54, 1.807) is 6.92 Å². The van der Waals surface area contributed by atoms with Crippen LogP contribution in [0, 0.1) is 5.92 Å². The predicted molar refractivity (Wildman–Crippen MR) is 43.9 cm³/mol. The normalized spacial score (nSPS) is 27.3. The Morgan fingerprint density at radius 1 is 1.75 bits per heavy atom. The van der Waals surface area contributed by atoms with Crippen LogP contribution in [0.5, 0.6) is 0 Å². The summed E-state index contributed by atoms with van der Waals surface area (Å²) >= 11 is 0. The quantitative estimate of drug-likeness (QED) is 0.619. The van der Waals surface area contributed by atoms with Gasteiger partial charge >= 0.3 is 5.97 Å². The molecule has 1 saturated heterocycles. The van der Waals surface area contributed by atoms with Crippen LogP contribution in [0.2, 0.25) is 0 Å². The lowest BCUT2D eigenvalue weighted by Crippen LogP contribution is -2.30. The molecule has 70 valence electrons. The number of aliphatic hydroxyl groups excluding tert-OH is 1. The maximum absolute atomic E-state index is 10.5. The summed E-state index contributed by atoms with van der Waals surface area (Å²) in [5.74, 6) is -1.10. The SMILES string of the molecule is CC(CN1CC[C@H](O)C1)C(=O)O. The van der Waals surface area contributed by atoms with E-state index in [2.05, 4.69) is 0 Å². The molecule has 0 radical (unpaired) electrons. The van der Waals surface area contributed by atoms with Gasteiger partial charge in [0.15, 0.2) is 0 Å². The molecule has 0 spiro atoms. The highest BCUT2D eigenvalue weighted by molar-refractivity contribution is 5.69. The summed E-state index contributed by atoms with van der Waals surface area (Å²) in [6.07, 6.45) is 0.512. The average molecular weight is 173 g/mol. The first-order valence-corrected chi connectivity index (χ1v) is 4.23. The molecule has 1 aliphatic heterocycles. The van der Waals surface area contributed by atoms with Gasteiger partial charge < -0.3 is 10.2 Å². The minimum absolute atomic E-state index is 0.258. The molecule has 0 amide bonds. The van der Waals surface area contributed by atoms with Gasteiger partial charge in [0.05, 0.1) is 12.0 Å². The molecule has 0 aromatic carbocycles. The molecule has 1 unspecified atom stereocenters. The highest BCUT2D eigenvalue weighted by atomic mass is 16.4. The molecule has 0 aliphatic carbocycles. The zero-order chi connectivity index (χ0) is 9.14. The second-order valence-corrected chi connectivity index (χ2v) is 3.44. The van der Waals surface area contributed by atoms with Crippen molar-refractivity contribution in [3.05, 3.63) is 0 Å². The van der Waals surface area contributed by atoms with Gasteiger partial charge in [-0.15, -0.1) is 0 Å². The fourth-order valence-corrected chi connectivity index (χ4v) is 1.44. The number of carboxylic acid groups (broad SMARTS) is 1. The summed E-state index contributed by atoms with van der Waals surface area (Å²) < 4.78 is 0. The van der Waals surface area contributed by atoms with Gasteiger partial charge in [0.2, 0.25) is 0 Å². The standard InChI is InChI=1S/C8H15NO3/c1-6(8(11)12)4-9-3-2-7(10)5-9/h6-7,10H,2-5H2,1H3,(H,11,12)/t6?,7-/m0/s1. The number of carbonyl (C=O) groups is 1. The smallest absolute Gasteiger partial charge is 0.307 e. The maximum atomic E-state index is 10.5.